The molecule has 0 unspecified atom stereocenters. The summed E-state index contributed by atoms with van der Waals surface area (Å²) in [5.41, 5.74) is 5.95. The smallest absolute Gasteiger partial charge is 0.410 e. The van der Waals surface area contributed by atoms with Gasteiger partial charge in [-0.2, -0.15) is 0 Å². The molecular formula is C13H24N2O2. The summed E-state index contributed by atoms with van der Waals surface area (Å²) in [6.45, 7) is 7.28. The Morgan fingerprint density at radius 1 is 1.41 bits per heavy atom. The molecule has 1 amide bonds. The summed E-state index contributed by atoms with van der Waals surface area (Å²) in [6.07, 6.45) is 4.31. The van der Waals surface area contributed by atoms with E-state index in [1.165, 1.54) is 6.42 Å². The van der Waals surface area contributed by atoms with Crippen LogP contribution in [0, 0.1) is 5.41 Å². The van der Waals surface area contributed by atoms with E-state index < -0.39 is 5.60 Å². The zero-order valence-electron chi connectivity index (χ0n) is 11.2. The molecule has 1 saturated carbocycles. The van der Waals surface area contributed by atoms with Gasteiger partial charge in [0.2, 0.25) is 0 Å². The number of ether oxygens (including phenoxy) is 1. The molecule has 2 atom stereocenters. The van der Waals surface area contributed by atoms with Gasteiger partial charge in [-0.15, -0.1) is 0 Å². The quantitative estimate of drug-likeness (QED) is 0.705. The van der Waals surface area contributed by atoms with Gasteiger partial charge in [-0.1, -0.05) is 6.42 Å². The molecule has 1 aliphatic carbocycles. The van der Waals surface area contributed by atoms with Crippen LogP contribution in [0.15, 0.2) is 0 Å². The second-order valence-electron chi connectivity index (χ2n) is 6.51. The van der Waals surface area contributed by atoms with Gasteiger partial charge >= 0.3 is 6.09 Å². The molecular weight excluding hydrogens is 216 g/mol. The van der Waals surface area contributed by atoms with Gasteiger partial charge in [0.15, 0.2) is 0 Å². The van der Waals surface area contributed by atoms with Crippen molar-refractivity contribution < 1.29 is 9.53 Å². The maximum absolute atomic E-state index is 12.0. The molecule has 98 valence electrons. The maximum atomic E-state index is 12.0. The van der Waals surface area contributed by atoms with E-state index in [0.717, 1.165) is 32.4 Å². The molecule has 0 aromatic heterocycles. The van der Waals surface area contributed by atoms with E-state index in [2.05, 4.69) is 0 Å². The molecule has 1 spiro atoms. The van der Waals surface area contributed by atoms with Gasteiger partial charge in [-0.05, 0) is 40.0 Å². The number of carbonyl (C=O) groups excluding carboxylic acids is 1. The molecule has 2 aliphatic rings. The number of rotatable bonds is 0. The first-order valence-corrected chi connectivity index (χ1v) is 6.56. The predicted molar refractivity (Wildman–Crippen MR) is 66.7 cm³/mol. The molecule has 4 heteroatoms. The van der Waals surface area contributed by atoms with E-state index in [1.54, 1.807) is 0 Å². The SMILES string of the molecule is CC(C)(C)OC(=O)N1CC[C@]2(CCC[C@H]2N)C1. The largest absolute Gasteiger partial charge is 0.444 e. The second kappa shape index (κ2) is 4.16. The molecule has 2 N–H and O–H groups in total. The lowest BCUT2D eigenvalue weighted by Crippen LogP contribution is -2.41. The highest BCUT2D eigenvalue weighted by Crippen LogP contribution is 2.44. The minimum Gasteiger partial charge on any atom is -0.444 e. The summed E-state index contributed by atoms with van der Waals surface area (Å²) in [6, 6.07) is 0.259. The Morgan fingerprint density at radius 2 is 2.12 bits per heavy atom. The number of hydrogen-bond acceptors (Lipinski definition) is 3. The third-order valence-electron chi connectivity index (χ3n) is 4.01. The van der Waals surface area contributed by atoms with Gasteiger partial charge in [-0.3, -0.25) is 0 Å². The topological polar surface area (TPSA) is 55.6 Å². The zero-order chi connectivity index (χ0) is 12.7. The van der Waals surface area contributed by atoms with E-state index in [-0.39, 0.29) is 17.6 Å². The van der Waals surface area contributed by atoms with Gasteiger partial charge in [0.25, 0.3) is 0 Å². The van der Waals surface area contributed by atoms with Gasteiger partial charge in [0.1, 0.15) is 5.60 Å². The van der Waals surface area contributed by atoms with Gasteiger partial charge < -0.3 is 15.4 Å². The highest BCUT2D eigenvalue weighted by atomic mass is 16.6. The summed E-state index contributed by atoms with van der Waals surface area (Å²) in [5, 5.41) is 0. The summed E-state index contributed by atoms with van der Waals surface area (Å²) >= 11 is 0. The van der Waals surface area contributed by atoms with Crippen LogP contribution in [0.25, 0.3) is 0 Å². The Balaban J connectivity index is 1.96. The van der Waals surface area contributed by atoms with Crippen molar-refractivity contribution in [3.05, 3.63) is 0 Å². The van der Waals surface area contributed by atoms with E-state index in [9.17, 15) is 4.79 Å². The van der Waals surface area contributed by atoms with Crippen LogP contribution in [-0.4, -0.2) is 35.7 Å². The van der Waals surface area contributed by atoms with Crippen molar-refractivity contribution in [1.29, 1.82) is 0 Å². The summed E-state index contributed by atoms with van der Waals surface area (Å²) < 4.78 is 5.41. The average Bonchev–Trinajstić information content (AvgIpc) is 2.74. The number of hydrogen-bond donors (Lipinski definition) is 1. The van der Waals surface area contributed by atoms with E-state index >= 15 is 0 Å². The van der Waals surface area contributed by atoms with Crippen molar-refractivity contribution >= 4 is 6.09 Å². The number of nitrogens with two attached hydrogens (primary N) is 1. The fourth-order valence-electron chi connectivity index (χ4n) is 3.05. The van der Waals surface area contributed by atoms with Gasteiger partial charge in [0.05, 0.1) is 0 Å². The highest BCUT2D eigenvalue weighted by molar-refractivity contribution is 5.68. The fourth-order valence-corrected chi connectivity index (χ4v) is 3.05. The third kappa shape index (κ3) is 2.57. The Morgan fingerprint density at radius 3 is 2.65 bits per heavy atom. The highest BCUT2D eigenvalue weighted by Gasteiger charge is 2.47. The summed E-state index contributed by atoms with van der Waals surface area (Å²) in [4.78, 5) is 13.8. The predicted octanol–water partition coefficient (Wildman–Crippen LogP) is 2.12. The number of likely N-dealkylation sites (tertiary alicyclic amines) is 1. The van der Waals surface area contributed by atoms with Crippen molar-refractivity contribution in [3.63, 3.8) is 0 Å². The van der Waals surface area contributed by atoms with Crippen LogP contribution in [0.5, 0.6) is 0 Å². The minimum atomic E-state index is -0.412. The normalized spacial score (nSPS) is 33.4. The molecule has 1 aliphatic heterocycles. The molecule has 1 heterocycles. The second-order valence-corrected chi connectivity index (χ2v) is 6.51. The lowest BCUT2D eigenvalue weighted by Gasteiger charge is -2.29. The van der Waals surface area contributed by atoms with Crippen LogP contribution in [0.2, 0.25) is 0 Å². The van der Waals surface area contributed by atoms with E-state index in [1.807, 2.05) is 25.7 Å². The number of carbonyl (C=O) groups is 1. The first-order valence-electron chi connectivity index (χ1n) is 6.56. The van der Waals surface area contributed by atoms with Crippen molar-refractivity contribution in [2.75, 3.05) is 13.1 Å². The Bertz CT molecular complexity index is 311. The molecule has 17 heavy (non-hydrogen) atoms. The maximum Gasteiger partial charge on any atom is 0.410 e. The summed E-state index contributed by atoms with van der Waals surface area (Å²) in [5.74, 6) is 0. The molecule has 0 aromatic carbocycles. The van der Waals surface area contributed by atoms with Crippen molar-refractivity contribution in [2.24, 2.45) is 11.1 Å². The van der Waals surface area contributed by atoms with Crippen LogP contribution in [0.4, 0.5) is 4.79 Å². The van der Waals surface area contributed by atoms with Gasteiger partial charge in [0, 0.05) is 24.5 Å². The van der Waals surface area contributed by atoms with Crippen LogP contribution < -0.4 is 5.73 Å². The third-order valence-corrected chi connectivity index (χ3v) is 4.01. The van der Waals surface area contributed by atoms with E-state index in [4.69, 9.17) is 10.5 Å². The number of amides is 1. The van der Waals surface area contributed by atoms with Crippen molar-refractivity contribution in [2.45, 2.75) is 58.1 Å². The van der Waals surface area contributed by atoms with Crippen LogP contribution in [0.1, 0.15) is 46.5 Å². The van der Waals surface area contributed by atoms with Crippen molar-refractivity contribution in [1.82, 2.24) is 4.90 Å². The molecule has 0 aromatic rings. The fraction of sp³-hybridized carbons (Fsp3) is 0.923. The molecule has 4 nitrogen and oxygen atoms in total. The Hall–Kier alpha value is -0.770. The zero-order valence-corrected chi connectivity index (χ0v) is 11.2. The minimum absolute atomic E-state index is 0.177. The van der Waals surface area contributed by atoms with Crippen LogP contribution >= 0.6 is 0 Å². The first-order chi connectivity index (χ1) is 7.82. The standard InChI is InChI=1S/C13H24N2O2/c1-12(2,3)17-11(16)15-8-7-13(9-15)6-4-5-10(13)14/h10H,4-9,14H2,1-3H3/t10-,13-/m1/s1. The van der Waals surface area contributed by atoms with Gasteiger partial charge in [-0.25, -0.2) is 4.79 Å². The van der Waals surface area contributed by atoms with Crippen molar-refractivity contribution in [3.8, 4) is 0 Å². The molecule has 2 rings (SSSR count). The van der Waals surface area contributed by atoms with E-state index in [0.29, 0.717) is 0 Å². The first kappa shape index (κ1) is 12.7. The monoisotopic (exact) mass is 240 g/mol. The van der Waals surface area contributed by atoms with Crippen LogP contribution in [0.3, 0.4) is 0 Å². The lowest BCUT2D eigenvalue weighted by atomic mass is 9.82. The Labute approximate surface area is 103 Å². The number of nitrogens with zero attached hydrogens (tertiary/aromatic N) is 1. The summed E-state index contributed by atoms with van der Waals surface area (Å²) in [7, 11) is 0. The van der Waals surface area contributed by atoms with Crippen LogP contribution in [-0.2, 0) is 4.74 Å². The molecule has 0 bridgehead atoms. The molecule has 1 saturated heterocycles. The lowest BCUT2D eigenvalue weighted by molar-refractivity contribution is 0.0271. The average molecular weight is 240 g/mol. The Kier molecular flexibility index (Phi) is 3.10. The molecule has 2 fully saturated rings. The molecule has 0 radical (unpaired) electrons.